The highest BCUT2D eigenvalue weighted by Crippen LogP contribution is 2.18. The van der Waals surface area contributed by atoms with Crippen molar-refractivity contribution in [1.29, 1.82) is 10.8 Å². The highest BCUT2D eigenvalue weighted by molar-refractivity contribution is 6.12. The molecule has 1 atom stereocenters. The number of carbonyl (C=O) groups is 2. The molecule has 0 aromatic heterocycles. The Morgan fingerprint density at radius 3 is 2.30 bits per heavy atom. The zero-order chi connectivity index (χ0) is 22.9. The molecule has 7 nitrogen and oxygen atoms in total. The number of anilines is 1. The Balaban J connectivity index is 0.00000125. The molecular weight excluding hydrogens is 380 g/mol. The Labute approximate surface area is 178 Å². The lowest BCUT2D eigenvalue weighted by Crippen LogP contribution is -2.41. The predicted octanol–water partition coefficient (Wildman–Crippen LogP) is 3.75. The first kappa shape index (κ1) is 26.7. The largest absolute Gasteiger partial charge is 0.398 e. The van der Waals surface area contributed by atoms with Crippen LogP contribution in [0, 0.1) is 17.7 Å². The molecule has 4 N–H and O–H groups in total. The average Bonchev–Trinajstić information content (AvgIpc) is 2.78. The van der Waals surface area contributed by atoms with Crippen molar-refractivity contribution >= 4 is 30.8 Å². The second-order valence-corrected chi connectivity index (χ2v) is 6.36. The molecule has 162 valence electrons. The lowest BCUT2D eigenvalue weighted by atomic mass is 10.1. The third-order valence-electron chi connectivity index (χ3n) is 4.13. The van der Waals surface area contributed by atoms with E-state index in [-0.39, 0.29) is 11.9 Å². The molecule has 0 radical (unpaired) electrons. The normalized spacial score (nSPS) is 10.4. The number of rotatable bonds is 8. The highest BCUT2D eigenvalue weighted by Gasteiger charge is 2.22. The van der Waals surface area contributed by atoms with Crippen LogP contribution in [-0.4, -0.2) is 49.2 Å². The van der Waals surface area contributed by atoms with Gasteiger partial charge in [0.2, 0.25) is 0 Å². The Kier molecular flexibility index (Phi) is 13.9. The van der Waals surface area contributed by atoms with Crippen molar-refractivity contribution in [2.24, 2.45) is 0 Å². The van der Waals surface area contributed by atoms with E-state index in [1.54, 1.807) is 11.0 Å². The first-order chi connectivity index (χ1) is 14.4. The number of hydrogen-bond donors (Lipinski definition) is 3. The molecule has 0 heterocycles. The molecule has 2 aromatic rings. The summed E-state index contributed by atoms with van der Waals surface area (Å²) in [5.74, 6) is -0.0467. The number of nitrogens with zero attached hydrogens (tertiary/aromatic N) is 1. The van der Waals surface area contributed by atoms with Gasteiger partial charge in [-0.1, -0.05) is 42.0 Å². The smallest absolute Gasteiger partial charge is 0.256 e. The molecule has 1 amide bonds. The summed E-state index contributed by atoms with van der Waals surface area (Å²) in [6, 6.07) is 15.5. The van der Waals surface area contributed by atoms with E-state index in [2.05, 4.69) is 0 Å². The number of nitrogens with one attached hydrogen (secondary N) is 2. The molecule has 0 aliphatic carbocycles. The average molecular weight is 413 g/mol. The second kappa shape index (κ2) is 15.6. The van der Waals surface area contributed by atoms with Gasteiger partial charge in [-0.25, -0.2) is 0 Å². The van der Waals surface area contributed by atoms with E-state index in [1.807, 2.05) is 70.0 Å². The fraction of sp³-hybridized carbons (Fsp3) is 0.304. The van der Waals surface area contributed by atoms with E-state index in [0.717, 1.165) is 23.6 Å². The van der Waals surface area contributed by atoms with Gasteiger partial charge >= 0.3 is 0 Å². The minimum Gasteiger partial charge on any atom is -0.398 e. The SMILES string of the molecule is C=O.CCN(C(=O)c1cc(C)ccc1N)[C@@H](C)COCc1ccccc1.N=CC=N. The molecule has 2 rings (SSSR count). The maximum atomic E-state index is 12.8. The number of aryl methyl sites for hydroxylation is 1. The Bertz CT molecular complexity index is 775. The Hall–Kier alpha value is -3.32. The number of hydrogen-bond acceptors (Lipinski definition) is 6. The highest BCUT2D eigenvalue weighted by atomic mass is 16.5. The van der Waals surface area contributed by atoms with Crippen molar-refractivity contribution in [3.05, 3.63) is 65.2 Å². The van der Waals surface area contributed by atoms with Crippen molar-refractivity contribution < 1.29 is 14.3 Å². The van der Waals surface area contributed by atoms with Crippen molar-refractivity contribution in [3.8, 4) is 0 Å². The molecule has 0 unspecified atom stereocenters. The zero-order valence-corrected chi connectivity index (χ0v) is 17.9. The van der Waals surface area contributed by atoms with Crippen molar-refractivity contribution in [2.75, 3.05) is 18.9 Å². The zero-order valence-electron chi connectivity index (χ0n) is 17.9. The van der Waals surface area contributed by atoms with Gasteiger partial charge in [0.1, 0.15) is 6.79 Å². The molecular formula is C23H32N4O3. The number of likely N-dealkylation sites (N-methyl/N-ethyl adjacent to an activating group) is 1. The van der Waals surface area contributed by atoms with Crippen LogP contribution in [-0.2, 0) is 16.1 Å². The molecule has 0 saturated heterocycles. The maximum Gasteiger partial charge on any atom is 0.256 e. The van der Waals surface area contributed by atoms with Gasteiger partial charge in [-0.15, -0.1) is 0 Å². The number of carbonyl (C=O) groups excluding carboxylic acids is 2. The van der Waals surface area contributed by atoms with Crippen LogP contribution >= 0.6 is 0 Å². The van der Waals surface area contributed by atoms with Crippen LogP contribution in [0.4, 0.5) is 5.69 Å². The molecule has 30 heavy (non-hydrogen) atoms. The van der Waals surface area contributed by atoms with Gasteiger partial charge in [-0.2, -0.15) is 0 Å². The Morgan fingerprint density at radius 2 is 1.77 bits per heavy atom. The minimum absolute atomic E-state index is 0.0221. The van der Waals surface area contributed by atoms with Gasteiger partial charge in [0.25, 0.3) is 5.91 Å². The Morgan fingerprint density at radius 1 is 1.17 bits per heavy atom. The quantitative estimate of drug-likeness (QED) is 0.452. The summed E-state index contributed by atoms with van der Waals surface area (Å²) in [6.07, 6.45) is 1.83. The second-order valence-electron chi connectivity index (χ2n) is 6.36. The van der Waals surface area contributed by atoms with Crippen molar-refractivity contribution in [3.63, 3.8) is 0 Å². The fourth-order valence-electron chi connectivity index (χ4n) is 2.68. The molecule has 0 aliphatic rings. The van der Waals surface area contributed by atoms with Crippen LogP contribution in [0.3, 0.4) is 0 Å². The lowest BCUT2D eigenvalue weighted by molar-refractivity contribution is -0.0980. The van der Waals surface area contributed by atoms with E-state index >= 15 is 0 Å². The number of amides is 1. The lowest BCUT2D eigenvalue weighted by Gasteiger charge is -2.28. The predicted molar refractivity (Wildman–Crippen MR) is 123 cm³/mol. The summed E-state index contributed by atoms with van der Waals surface area (Å²) in [4.78, 5) is 22.6. The molecule has 7 heteroatoms. The van der Waals surface area contributed by atoms with Crippen LogP contribution in [0.15, 0.2) is 48.5 Å². The monoisotopic (exact) mass is 412 g/mol. The summed E-state index contributed by atoms with van der Waals surface area (Å²) < 4.78 is 5.78. The number of nitrogens with two attached hydrogens (primary N) is 1. The number of nitrogen functional groups attached to an aromatic ring is 1. The van der Waals surface area contributed by atoms with Gasteiger partial charge in [0.05, 0.1) is 24.8 Å². The van der Waals surface area contributed by atoms with E-state index in [9.17, 15) is 4.79 Å². The van der Waals surface area contributed by atoms with E-state index in [4.69, 9.17) is 26.1 Å². The molecule has 0 spiro atoms. The van der Waals surface area contributed by atoms with Crippen molar-refractivity contribution in [1.82, 2.24) is 4.90 Å². The van der Waals surface area contributed by atoms with Gasteiger partial charge in [0, 0.05) is 24.7 Å². The summed E-state index contributed by atoms with van der Waals surface area (Å²) in [5.41, 5.74) is 9.21. The van der Waals surface area contributed by atoms with E-state index in [1.165, 1.54) is 0 Å². The molecule has 0 bridgehead atoms. The van der Waals surface area contributed by atoms with E-state index < -0.39 is 0 Å². The number of benzene rings is 2. The maximum absolute atomic E-state index is 12.8. The van der Waals surface area contributed by atoms with Crippen molar-refractivity contribution in [2.45, 2.75) is 33.4 Å². The fourth-order valence-corrected chi connectivity index (χ4v) is 2.68. The van der Waals surface area contributed by atoms with Crippen LogP contribution < -0.4 is 5.73 Å². The summed E-state index contributed by atoms with van der Waals surface area (Å²) in [5, 5.41) is 12.2. The summed E-state index contributed by atoms with van der Waals surface area (Å²) in [7, 11) is 0. The summed E-state index contributed by atoms with van der Waals surface area (Å²) >= 11 is 0. The number of ether oxygens (including phenoxy) is 1. The first-order valence-electron chi connectivity index (χ1n) is 9.51. The molecule has 0 saturated carbocycles. The van der Waals surface area contributed by atoms with Crippen LogP contribution in [0.5, 0.6) is 0 Å². The van der Waals surface area contributed by atoms with Crippen LogP contribution in [0.25, 0.3) is 0 Å². The molecule has 2 aromatic carbocycles. The first-order valence-corrected chi connectivity index (χ1v) is 9.51. The third kappa shape index (κ3) is 9.25. The third-order valence-corrected chi connectivity index (χ3v) is 4.13. The summed E-state index contributed by atoms with van der Waals surface area (Å²) in [6.45, 7) is 9.57. The molecule has 0 fully saturated rings. The van der Waals surface area contributed by atoms with E-state index in [0.29, 0.717) is 31.0 Å². The van der Waals surface area contributed by atoms with Gasteiger partial charge in [-0.3, -0.25) is 4.79 Å². The topological polar surface area (TPSA) is 120 Å². The molecule has 0 aliphatic heterocycles. The van der Waals surface area contributed by atoms with Crippen LogP contribution in [0.2, 0.25) is 0 Å². The van der Waals surface area contributed by atoms with Crippen LogP contribution in [0.1, 0.15) is 35.3 Å². The standard InChI is InChI=1S/C20H26N2O2.C2H4N2.CH2O/c1-4-22(20(23)18-12-15(2)10-11-19(18)21)16(3)13-24-14-17-8-6-5-7-9-17;3-1-2-4;1-2/h5-12,16H,4,13-14,21H2,1-3H3;1-4H;1H2/t16-;;/m0../s1. The minimum atomic E-state index is -0.0467. The van der Waals surface area contributed by atoms with Gasteiger partial charge in [0.15, 0.2) is 0 Å². The van der Waals surface area contributed by atoms with Gasteiger partial charge in [-0.05, 0) is 38.5 Å². The van der Waals surface area contributed by atoms with Gasteiger partial charge < -0.3 is 31.0 Å².